The minimum Gasteiger partial charge on any atom is -0.311 e. The minimum atomic E-state index is 0.342. The quantitative estimate of drug-likeness (QED) is 0.719. The second-order valence-corrected chi connectivity index (χ2v) is 5.64. The Bertz CT molecular complexity index is 205. The van der Waals surface area contributed by atoms with E-state index in [9.17, 15) is 0 Å². The number of hydrogen-bond acceptors (Lipinski definition) is 2. The molecule has 0 radical (unpaired) electrons. The van der Waals surface area contributed by atoms with E-state index in [1.54, 1.807) is 0 Å². The average molecular weight is 210 g/mol. The molecule has 0 aromatic carbocycles. The van der Waals surface area contributed by atoms with Crippen LogP contribution < -0.4 is 5.32 Å². The molecule has 88 valence electrons. The highest BCUT2D eigenvalue weighted by Crippen LogP contribution is 2.26. The molecule has 0 aromatic rings. The molecule has 1 aliphatic rings. The van der Waals surface area contributed by atoms with E-state index in [2.05, 4.69) is 44.5 Å². The van der Waals surface area contributed by atoms with Crippen LogP contribution in [0.1, 0.15) is 34.1 Å². The van der Waals surface area contributed by atoms with Gasteiger partial charge in [-0.3, -0.25) is 4.90 Å². The van der Waals surface area contributed by atoms with E-state index in [-0.39, 0.29) is 0 Å². The molecule has 0 spiro atoms. The van der Waals surface area contributed by atoms with Crippen LogP contribution in [0.5, 0.6) is 0 Å². The highest BCUT2D eigenvalue weighted by atomic mass is 15.2. The zero-order chi connectivity index (χ0) is 11.5. The van der Waals surface area contributed by atoms with Gasteiger partial charge in [-0.25, -0.2) is 0 Å². The van der Waals surface area contributed by atoms with E-state index < -0.39 is 0 Å². The zero-order valence-corrected chi connectivity index (χ0v) is 10.7. The van der Waals surface area contributed by atoms with Crippen molar-refractivity contribution in [2.75, 3.05) is 19.6 Å². The SMILES string of the molecule is C=CCN1CC(CC)NCC1C(C)(C)C. The number of rotatable bonds is 3. The number of nitrogens with one attached hydrogen (secondary N) is 1. The third-order valence-electron chi connectivity index (χ3n) is 3.35. The summed E-state index contributed by atoms with van der Waals surface area (Å²) in [6.45, 7) is 16.4. The average Bonchev–Trinajstić information content (AvgIpc) is 2.16. The van der Waals surface area contributed by atoms with Gasteiger partial charge in [0.15, 0.2) is 0 Å². The molecule has 15 heavy (non-hydrogen) atoms. The van der Waals surface area contributed by atoms with Gasteiger partial charge in [0.25, 0.3) is 0 Å². The molecule has 0 aromatic heterocycles. The maximum atomic E-state index is 3.86. The van der Waals surface area contributed by atoms with Crippen LogP contribution in [-0.4, -0.2) is 36.6 Å². The second-order valence-electron chi connectivity index (χ2n) is 5.64. The number of hydrogen-bond donors (Lipinski definition) is 1. The second kappa shape index (κ2) is 5.13. The lowest BCUT2D eigenvalue weighted by molar-refractivity contribution is 0.0651. The predicted octanol–water partition coefficient (Wildman–Crippen LogP) is 2.27. The lowest BCUT2D eigenvalue weighted by Crippen LogP contribution is -2.60. The monoisotopic (exact) mass is 210 g/mol. The van der Waals surface area contributed by atoms with Crippen LogP contribution in [0.25, 0.3) is 0 Å². The van der Waals surface area contributed by atoms with E-state index in [0.29, 0.717) is 17.5 Å². The fourth-order valence-electron chi connectivity index (χ4n) is 2.38. The van der Waals surface area contributed by atoms with Crippen LogP contribution in [-0.2, 0) is 0 Å². The van der Waals surface area contributed by atoms with Crippen LogP contribution in [0.3, 0.4) is 0 Å². The summed E-state index contributed by atoms with van der Waals surface area (Å²) in [7, 11) is 0. The predicted molar refractivity (Wildman–Crippen MR) is 67.1 cm³/mol. The highest BCUT2D eigenvalue weighted by molar-refractivity contribution is 4.94. The molecule has 1 heterocycles. The lowest BCUT2D eigenvalue weighted by Gasteiger charge is -2.46. The molecular formula is C13H26N2. The van der Waals surface area contributed by atoms with Crippen LogP contribution in [0.2, 0.25) is 0 Å². The topological polar surface area (TPSA) is 15.3 Å². The van der Waals surface area contributed by atoms with Crippen molar-refractivity contribution >= 4 is 0 Å². The maximum Gasteiger partial charge on any atom is 0.0273 e. The van der Waals surface area contributed by atoms with Gasteiger partial charge in [-0.1, -0.05) is 33.8 Å². The van der Waals surface area contributed by atoms with Crippen molar-refractivity contribution in [3.63, 3.8) is 0 Å². The van der Waals surface area contributed by atoms with Gasteiger partial charge in [0, 0.05) is 31.7 Å². The Hall–Kier alpha value is -0.340. The first-order valence-electron chi connectivity index (χ1n) is 6.07. The van der Waals surface area contributed by atoms with Crippen molar-refractivity contribution in [1.29, 1.82) is 0 Å². The molecule has 0 aliphatic carbocycles. The van der Waals surface area contributed by atoms with Gasteiger partial charge < -0.3 is 5.32 Å². The molecule has 1 saturated heterocycles. The fraction of sp³-hybridized carbons (Fsp3) is 0.846. The van der Waals surface area contributed by atoms with E-state index in [1.165, 1.54) is 6.42 Å². The molecule has 0 saturated carbocycles. The Kier molecular flexibility index (Phi) is 4.35. The van der Waals surface area contributed by atoms with Gasteiger partial charge in [-0.2, -0.15) is 0 Å². The largest absolute Gasteiger partial charge is 0.311 e. The summed E-state index contributed by atoms with van der Waals surface area (Å²) in [4.78, 5) is 2.57. The molecular weight excluding hydrogens is 184 g/mol. The first-order chi connectivity index (χ1) is 6.99. The maximum absolute atomic E-state index is 3.86. The van der Waals surface area contributed by atoms with Gasteiger partial charge in [0.05, 0.1) is 0 Å². The Balaban J connectivity index is 2.67. The molecule has 0 bridgehead atoms. The normalized spacial score (nSPS) is 29.1. The third kappa shape index (κ3) is 3.32. The molecule has 1 aliphatic heterocycles. The van der Waals surface area contributed by atoms with Crippen molar-refractivity contribution in [3.8, 4) is 0 Å². The molecule has 1 fully saturated rings. The fourth-order valence-corrected chi connectivity index (χ4v) is 2.38. The number of piperazine rings is 1. The zero-order valence-electron chi connectivity index (χ0n) is 10.7. The van der Waals surface area contributed by atoms with Crippen LogP contribution >= 0.6 is 0 Å². The van der Waals surface area contributed by atoms with Crippen molar-refractivity contribution in [3.05, 3.63) is 12.7 Å². The van der Waals surface area contributed by atoms with Gasteiger partial charge in [0.2, 0.25) is 0 Å². The minimum absolute atomic E-state index is 0.342. The molecule has 2 heteroatoms. The summed E-state index contributed by atoms with van der Waals surface area (Å²) in [5.41, 5.74) is 0.342. The first kappa shape index (κ1) is 12.7. The smallest absolute Gasteiger partial charge is 0.0273 e. The standard InChI is InChI=1S/C13H26N2/c1-6-8-15-10-11(7-2)14-9-12(15)13(3,4)5/h6,11-12,14H,1,7-10H2,2-5H3. The summed E-state index contributed by atoms with van der Waals surface area (Å²) in [5.74, 6) is 0. The van der Waals surface area contributed by atoms with Crippen LogP contribution in [0.15, 0.2) is 12.7 Å². The van der Waals surface area contributed by atoms with Crippen molar-refractivity contribution in [1.82, 2.24) is 10.2 Å². The van der Waals surface area contributed by atoms with Crippen LogP contribution in [0, 0.1) is 5.41 Å². The van der Waals surface area contributed by atoms with Gasteiger partial charge in [-0.15, -0.1) is 6.58 Å². The van der Waals surface area contributed by atoms with Crippen molar-refractivity contribution in [2.24, 2.45) is 5.41 Å². The lowest BCUT2D eigenvalue weighted by atomic mass is 9.83. The Morgan fingerprint density at radius 2 is 2.13 bits per heavy atom. The molecule has 2 unspecified atom stereocenters. The summed E-state index contributed by atoms with van der Waals surface area (Å²) >= 11 is 0. The first-order valence-corrected chi connectivity index (χ1v) is 6.07. The van der Waals surface area contributed by atoms with Crippen molar-refractivity contribution in [2.45, 2.75) is 46.2 Å². The highest BCUT2D eigenvalue weighted by Gasteiger charge is 2.34. The van der Waals surface area contributed by atoms with Crippen LogP contribution in [0.4, 0.5) is 0 Å². The molecule has 0 amide bonds. The molecule has 2 nitrogen and oxygen atoms in total. The van der Waals surface area contributed by atoms with Gasteiger partial charge in [-0.05, 0) is 11.8 Å². The Morgan fingerprint density at radius 1 is 1.47 bits per heavy atom. The Labute approximate surface area is 94.7 Å². The summed E-state index contributed by atoms with van der Waals surface area (Å²) in [5, 5.41) is 3.64. The molecule has 1 N–H and O–H groups in total. The van der Waals surface area contributed by atoms with Gasteiger partial charge >= 0.3 is 0 Å². The molecule has 1 rings (SSSR count). The van der Waals surface area contributed by atoms with E-state index >= 15 is 0 Å². The summed E-state index contributed by atoms with van der Waals surface area (Å²) < 4.78 is 0. The third-order valence-corrected chi connectivity index (χ3v) is 3.35. The van der Waals surface area contributed by atoms with E-state index in [1.807, 2.05) is 6.08 Å². The summed E-state index contributed by atoms with van der Waals surface area (Å²) in [6.07, 6.45) is 3.24. The Morgan fingerprint density at radius 3 is 2.60 bits per heavy atom. The number of nitrogens with zero attached hydrogens (tertiary/aromatic N) is 1. The van der Waals surface area contributed by atoms with Crippen molar-refractivity contribution < 1.29 is 0 Å². The molecule has 2 atom stereocenters. The summed E-state index contributed by atoms with van der Waals surface area (Å²) in [6, 6.07) is 1.28. The van der Waals surface area contributed by atoms with E-state index in [4.69, 9.17) is 0 Å². The van der Waals surface area contributed by atoms with Gasteiger partial charge in [0.1, 0.15) is 0 Å². The van der Waals surface area contributed by atoms with E-state index in [0.717, 1.165) is 19.6 Å².